The van der Waals surface area contributed by atoms with Gasteiger partial charge in [0, 0.05) is 13.3 Å². The molecule has 0 N–H and O–H groups in total. The van der Waals surface area contributed by atoms with Crippen LogP contribution in [-0.2, 0) is 23.8 Å². The lowest BCUT2D eigenvalue weighted by molar-refractivity contribution is -0.176. The molecule has 0 fully saturated rings. The molecule has 1 aromatic rings. The first kappa shape index (κ1) is 26.2. The van der Waals surface area contributed by atoms with Crippen LogP contribution in [0.1, 0.15) is 46.3 Å². The number of hydrogen-bond acceptors (Lipinski definition) is 6. The highest BCUT2D eigenvalue weighted by atomic mass is 19.3. The van der Waals surface area contributed by atoms with Gasteiger partial charge in [-0.05, 0) is 33.3 Å². The Morgan fingerprint density at radius 2 is 1.71 bits per heavy atom. The first-order valence-corrected chi connectivity index (χ1v) is 9.72. The molecule has 0 saturated heterocycles. The lowest BCUT2D eigenvalue weighted by atomic mass is 10.0. The molecule has 0 aliphatic rings. The molecule has 0 saturated carbocycles. The summed E-state index contributed by atoms with van der Waals surface area (Å²) in [7, 11) is 1.28. The van der Waals surface area contributed by atoms with Crippen molar-refractivity contribution in [2.75, 3.05) is 13.7 Å². The largest absolute Gasteiger partial charge is 0.462 e. The number of carbonyl (C=O) groups excluding carboxylic acids is 3. The quantitative estimate of drug-likeness (QED) is 0.553. The molecule has 0 heterocycles. The molecule has 7 nitrogen and oxygen atoms in total. The molecule has 0 aliphatic heterocycles. The molecule has 0 unspecified atom stereocenters. The molecule has 2 atom stereocenters. The third-order valence-corrected chi connectivity index (χ3v) is 4.03. The van der Waals surface area contributed by atoms with Crippen LogP contribution in [0.4, 0.5) is 13.6 Å². The second-order valence-electron chi connectivity index (χ2n) is 7.69. The Morgan fingerprint density at radius 3 is 2.19 bits per heavy atom. The maximum absolute atomic E-state index is 14.2. The summed E-state index contributed by atoms with van der Waals surface area (Å²) in [5, 5.41) is 0. The Labute approximate surface area is 180 Å². The molecule has 0 spiro atoms. The molecule has 0 aromatic heterocycles. The monoisotopic (exact) mass is 441 g/mol. The van der Waals surface area contributed by atoms with E-state index in [0.717, 1.165) is 19.2 Å². The first-order valence-electron chi connectivity index (χ1n) is 9.72. The number of alkyl halides is 2. The number of benzene rings is 1. The topological polar surface area (TPSA) is 82.1 Å². The zero-order valence-corrected chi connectivity index (χ0v) is 18.6. The highest BCUT2D eigenvalue weighted by molar-refractivity contribution is 5.96. The smallest absolute Gasteiger partial charge is 0.421 e. The third-order valence-electron chi connectivity index (χ3n) is 4.03. The van der Waals surface area contributed by atoms with Gasteiger partial charge >= 0.3 is 18.0 Å². The number of rotatable bonds is 8. The summed E-state index contributed by atoms with van der Waals surface area (Å²) in [5.74, 6) is -8.05. The standard InChI is InChI=1S/C22H29F2NO6/c1-7-30-19(27)22(23,24)15(2)13-14-25(20(28)31-21(3,4)5)18(26)17(29-6)16-11-9-8-10-12-16/h8-15,17H,7H2,1-6H3/b14-13+/t15-,17+/m1/s1. The van der Waals surface area contributed by atoms with E-state index in [4.69, 9.17) is 9.47 Å². The van der Waals surface area contributed by atoms with Crippen molar-refractivity contribution in [3.8, 4) is 0 Å². The highest BCUT2D eigenvalue weighted by Gasteiger charge is 2.45. The van der Waals surface area contributed by atoms with Gasteiger partial charge in [-0.25, -0.2) is 14.5 Å². The Morgan fingerprint density at radius 1 is 1.13 bits per heavy atom. The van der Waals surface area contributed by atoms with E-state index in [9.17, 15) is 23.2 Å². The van der Waals surface area contributed by atoms with Gasteiger partial charge in [-0.2, -0.15) is 8.78 Å². The van der Waals surface area contributed by atoms with Crippen LogP contribution in [0.2, 0.25) is 0 Å². The van der Waals surface area contributed by atoms with Gasteiger partial charge in [-0.3, -0.25) is 4.79 Å². The average molecular weight is 441 g/mol. The van der Waals surface area contributed by atoms with Crippen LogP contribution in [0, 0.1) is 5.92 Å². The molecular weight excluding hydrogens is 412 g/mol. The minimum absolute atomic E-state index is 0.208. The number of hydrogen-bond donors (Lipinski definition) is 0. The highest BCUT2D eigenvalue weighted by Crippen LogP contribution is 2.28. The van der Waals surface area contributed by atoms with Crippen LogP contribution in [0.25, 0.3) is 0 Å². The Balaban J connectivity index is 3.25. The van der Waals surface area contributed by atoms with Crippen molar-refractivity contribution in [3.05, 3.63) is 48.2 Å². The van der Waals surface area contributed by atoms with E-state index in [1.165, 1.54) is 14.0 Å². The number of carbonyl (C=O) groups is 3. The summed E-state index contributed by atoms with van der Waals surface area (Å²) in [4.78, 5) is 37.8. The van der Waals surface area contributed by atoms with Crippen LogP contribution in [0.3, 0.4) is 0 Å². The van der Waals surface area contributed by atoms with Gasteiger partial charge < -0.3 is 14.2 Å². The van der Waals surface area contributed by atoms with E-state index in [2.05, 4.69) is 4.74 Å². The van der Waals surface area contributed by atoms with Crippen molar-refractivity contribution in [1.82, 2.24) is 4.90 Å². The number of amides is 2. The van der Waals surface area contributed by atoms with Crippen molar-refractivity contribution in [3.63, 3.8) is 0 Å². The minimum atomic E-state index is -3.85. The lowest BCUT2D eigenvalue weighted by Gasteiger charge is -2.27. The van der Waals surface area contributed by atoms with Gasteiger partial charge in [0.2, 0.25) is 0 Å². The number of esters is 1. The van der Waals surface area contributed by atoms with Crippen molar-refractivity contribution >= 4 is 18.0 Å². The number of halogens is 2. The second-order valence-corrected chi connectivity index (χ2v) is 7.69. The summed E-state index contributed by atoms with van der Waals surface area (Å²) in [5.41, 5.74) is -0.485. The molecule has 2 amide bonds. The Hall–Kier alpha value is -2.81. The lowest BCUT2D eigenvalue weighted by Crippen LogP contribution is -2.41. The zero-order valence-electron chi connectivity index (χ0n) is 18.6. The molecule has 0 radical (unpaired) electrons. The minimum Gasteiger partial charge on any atom is -0.462 e. The van der Waals surface area contributed by atoms with E-state index in [0.29, 0.717) is 10.5 Å². The van der Waals surface area contributed by atoms with Crippen molar-refractivity contribution in [1.29, 1.82) is 0 Å². The molecule has 9 heteroatoms. The number of methoxy groups -OCH3 is 1. The molecule has 31 heavy (non-hydrogen) atoms. The number of allylic oxidation sites excluding steroid dienone is 1. The maximum Gasteiger partial charge on any atom is 0.421 e. The Kier molecular flexibility index (Phi) is 9.30. The van der Waals surface area contributed by atoms with Crippen LogP contribution in [0.5, 0.6) is 0 Å². The third kappa shape index (κ3) is 7.43. The molecule has 0 aliphatic carbocycles. The second kappa shape index (κ2) is 11.0. The predicted molar refractivity (Wildman–Crippen MR) is 109 cm³/mol. The van der Waals surface area contributed by atoms with Crippen LogP contribution in [-0.4, -0.2) is 48.1 Å². The normalized spacial score (nSPS) is 14.1. The fraction of sp³-hybridized carbons (Fsp3) is 0.500. The van der Waals surface area contributed by atoms with Gasteiger partial charge in [0.25, 0.3) is 5.91 Å². The van der Waals surface area contributed by atoms with Crippen LogP contribution >= 0.6 is 0 Å². The number of imide groups is 1. The fourth-order valence-corrected chi connectivity index (χ4v) is 2.42. The zero-order chi connectivity index (χ0) is 23.8. The van der Waals surface area contributed by atoms with E-state index in [-0.39, 0.29) is 6.61 Å². The molecule has 0 bridgehead atoms. The maximum atomic E-state index is 14.2. The number of nitrogens with zero attached hydrogens (tertiary/aromatic N) is 1. The van der Waals surface area contributed by atoms with Crippen molar-refractivity contribution in [2.24, 2.45) is 5.92 Å². The average Bonchev–Trinajstić information content (AvgIpc) is 2.68. The first-order chi connectivity index (χ1) is 14.3. The fourth-order valence-electron chi connectivity index (χ4n) is 2.42. The summed E-state index contributed by atoms with van der Waals surface area (Å²) >= 11 is 0. The van der Waals surface area contributed by atoms with Gasteiger partial charge in [0.15, 0.2) is 6.10 Å². The summed E-state index contributed by atoms with van der Waals surface area (Å²) in [6, 6.07) is 8.36. The van der Waals surface area contributed by atoms with Gasteiger partial charge in [0.1, 0.15) is 5.60 Å². The summed E-state index contributed by atoms with van der Waals surface area (Å²) in [6.45, 7) is 7.06. The van der Waals surface area contributed by atoms with E-state index >= 15 is 0 Å². The van der Waals surface area contributed by atoms with Crippen molar-refractivity contribution in [2.45, 2.75) is 52.2 Å². The van der Waals surface area contributed by atoms with Gasteiger partial charge in [0.05, 0.1) is 12.5 Å². The Bertz CT molecular complexity index is 789. The molecule has 1 rings (SSSR count). The number of ether oxygens (including phenoxy) is 3. The van der Waals surface area contributed by atoms with Crippen molar-refractivity contribution < 1.29 is 37.4 Å². The molecule has 172 valence electrons. The van der Waals surface area contributed by atoms with E-state index < -0.39 is 41.5 Å². The summed E-state index contributed by atoms with van der Waals surface area (Å²) in [6.07, 6.45) is -0.516. The van der Waals surface area contributed by atoms with Crippen LogP contribution < -0.4 is 0 Å². The SMILES string of the molecule is CCOC(=O)C(F)(F)[C@H](C)/C=C/N(C(=O)OC(C)(C)C)C(=O)[C@@H](OC)c1ccccc1. The molecule has 1 aromatic carbocycles. The van der Waals surface area contributed by atoms with Gasteiger partial charge in [-0.1, -0.05) is 43.3 Å². The summed E-state index contributed by atoms with van der Waals surface area (Å²) < 4.78 is 43.4. The van der Waals surface area contributed by atoms with E-state index in [1.54, 1.807) is 51.1 Å². The van der Waals surface area contributed by atoms with Gasteiger partial charge in [-0.15, -0.1) is 0 Å². The molecular formula is C22H29F2NO6. The van der Waals surface area contributed by atoms with E-state index in [1.807, 2.05) is 0 Å². The predicted octanol–water partition coefficient (Wildman–Crippen LogP) is 4.49. The van der Waals surface area contributed by atoms with Crippen LogP contribution in [0.15, 0.2) is 42.6 Å².